The lowest BCUT2D eigenvalue weighted by Crippen LogP contribution is -2.46. The van der Waals surface area contributed by atoms with E-state index < -0.39 is 0 Å². The molecule has 1 heterocycles. The van der Waals surface area contributed by atoms with Crippen molar-refractivity contribution in [1.29, 1.82) is 0 Å². The fourth-order valence-electron chi connectivity index (χ4n) is 4.42. The fraction of sp³-hybridized carbons (Fsp3) is 0.444. The number of nitrogens with zero attached hydrogens (tertiary/aromatic N) is 3. The lowest BCUT2D eigenvalue weighted by atomic mass is 9.84. The van der Waals surface area contributed by atoms with E-state index in [1.807, 2.05) is 48.5 Å². The van der Waals surface area contributed by atoms with Gasteiger partial charge in [0.25, 0.3) is 5.91 Å². The Kier molecular flexibility index (Phi) is 8.02. The minimum absolute atomic E-state index is 0.00599. The molecule has 1 aliphatic heterocycles. The molecular weight excluding hydrogens is 446 g/mol. The summed E-state index contributed by atoms with van der Waals surface area (Å²) >= 11 is 0. The van der Waals surface area contributed by atoms with Crippen LogP contribution < -0.4 is 9.47 Å². The number of hydrogen-bond acceptors (Lipinski definition) is 6. The van der Waals surface area contributed by atoms with E-state index in [1.165, 1.54) is 5.01 Å². The molecule has 2 amide bonds. The summed E-state index contributed by atoms with van der Waals surface area (Å²) in [5.41, 5.74) is 2.65. The smallest absolute Gasteiger partial charge is 0.262 e. The largest absolute Gasteiger partial charge is 0.497 e. The van der Waals surface area contributed by atoms with Crippen molar-refractivity contribution in [1.82, 2.24) is 9.91 Å². The second-order valence-electron chi connectivity index (χ2n) is 8.89. The topological polar surface area (TPSA) is 80.7 Å². The molecule has 0 unspecified atom stereocenters. The normalized spacial score (nSPS) is 17.5. The molecule has 0 N–H and O–H groups in total. The average Bonchev–Trinajstić information content (AvgIpc) is 3.31. The third-order valence-electron chi connectivity index (χ3n) is 6.73. The molecule has 2 aromatic rings. The number of carbonyl (C=O) groups is 2. The van der Waals surface area contributed by atoms with Crippen molar-refractivity contribution >= 4 is 17.5 Å². The van der Waals surface area contributed by atoms with Crippen molar-refractivity contribution in [3.8, 4) is 11.5 Å². The first kappa shape index (κ1) is 24.7. The molecule has 0 bridgehead atoms. The third kappa shape index (κ3) is 5.65. The van der Waals surface area contributed by atoms with Crippen LogP contribution in [0.3, 0.4) is 0 Å². The molecule has 8 nitrogen and oxygen atoms in total. The summed E-state index contributed by atoms with van der Waals surface area (Å²) in [7, 11) is 4.84. The average molecular weight is 480 g/mol. The third-order valence-corrected chi connectivity index (χ3v) is 6.73. The summed E-state index contributed by atoms with van der Waals surface area (Å²) in [4.78, 5) is 28.2. The molecule has 8 heteroatoms. The molecule has 0 aromatic heterocycles. The van der Waals surface area contributed by atoms with Crippen molar-refractivity contribution < 1.29 is 23.8 Å². The van der Waals surface area contributed by atoms with Crippen LogP contribution >= 0.6 is 0 Å². The van der Waals surface area contributed by atoms with E-state index >= 15 is 0 Å². The van der Waals surface area contributed by atoms with Crippen LogP contribution in [0.4, 0.5) is 0 Å². The van der Waals surface area contributed by atoms with E-state index in [0.29, 0.717) is 19.6 Å². The second kappa shape index (κ2) is 11.4. The second-order valence-corrected chi connectivity index (χ2v) is 8.89. The zero-order chi connectivity index (χ0) is 24.8. The molecule has 2 aromatic carbocycles. The SMILES string of the molecule is COCCN(CC(=O)N1N=C(c2cccc(OC)c2)C[C@@H]1c1ccc(OC)cc1)C(=O)C1CCC1. The number of carbonyl (C=O) groups excluding carboxylic acids is 2. The van der Waals surface area contributed by atoms with Crippen LogP contribution in [0.15, 0.2) is 53.6 Å². The van der Waals surface area contributed by atoms with Crippen molar-refractivity contribution in [2.24, 2.45) is 11.0 Å². The van der Waals surface area contributed by atoms with Gasteiger partial charge in [-0.3, -0.25) is 9.59 Å². The summed E-state index contributed by atoms with van der Waals surface area (Å²) in [5, 5.41) is 6.28. The van der Waals surface area contributed by atoms with Crippen LogP contribution in [0, 0.1) is 5.92 Å². The Hall–Kier alpha value is -3.39. The summed E-state index contributed by atoms with van der Waals surface area (Å²) in [6, 6.07) is 15.1. The molecule has 0 saturated heterocycles. The van der Waals surface area contributed by atoms with Crippen LogP contribution in [0.1, 0.15) is 42.9 Å². The molecule has 35 heavy (non-hydrogen) atoms. The van der Waals surface area contributed by atoms with Crippen LogP contribution in [0.25, 0.3) is 0 Å². The molecular formula is C27H33N3O5. The van der Waals surface area contributed by atoms with Crippen LogP contribution in [0.2, 0.25) is 0 Å². The molecule has 186 valence electrons. The van der Waals surface area contributed by atoms with Gasteiger partial charge in [-0.25, -0.2) is 5.01 Å². The Balaban J connectivity index is 1.60. The maximum absolute atomic E-state index is 13.6. The molecule has 1 atom stereocenters. The van der Waals surface area contributed by atoms with Crippen molar-refractivity contribution in [3.05, 3.63) is 59.7 Å². The molecule has 0 radical (unpaired) electrons. The summed E-state index contributed by atoms with van der Waals surface area (Å²) < 4.78 is 15.9. The van der Waals surface area contributed by atoms with Crippen LogP contribution in [-0.2, 0) is 14.3 Å². The summed E-state index contributed by atoms with van der Waals surface area (Å²) in [5.74, 6) is 1.29. The standard InChI is InChI=1S/C27H33N3O5/c1-33-15-14-29(27(32)20-6-4-7-20)18-26(31)30-25(19-10-12-22(34-2)13-11-19)17-24(28-30)21-8-5-9-23(16-21)35-3/h5,8-13,16,20,25H,4,6-7,14-15,17-18H2,1-3H3/t25-/m1/s1. The van der Waals surface area contributed by atoms with Gasteiger partial charge in [-0.05, 0) is 42.7 Å². The lowest BCUT2D eigenvalue weighted by molar-refractivity contribution is -0.146. The highest BCUT2D eigenvalue weighted by molar-refractivity contribution is 6.03. The Bertz CT molecular complexity index is 1060. The molecule has 4 rings (SSSR count). The first-order valence-electron chi connectivity index (χ1n) is 12.0. The van der Waals surface area contributed by atoms with E-state index in [9.17, 15) is 9.59 Å². The van der Waals surface area contributed by atoms with Gasteiger partial charge in [0.05, 0.1) is 32.6 Å². The highest BCUT2D eigenvalue weighted by Crippen LogP contribution is 2.35. The van der Waals surface area contributed by atoms with Gasteiger partial charge in [-0.1, -0.05) is 30.7 Å². The first-order valence-corrected chi connectivity index (χ1v) is 12.0. The van der Waals surface area contributed by atoms with E-state index in [-0.39, 0.29) is 30.3 Å². The Morgan fingerprint density at radius 3 is 2.40 bits per heavy atom. The molecule has 2 aliphatic rings. The van der Waals surface area contributed by atoms with Crippen LogP contribution in [-0.4, -0.2) is 68.5 Å². The van der Waals surface area contributed by atoms with Gasteiger partial charge >= 0.3 is 0 Å². The van der Waals surface area contributed by atoms with Gasteiger partial charge in [0.2, 0.25) is 5.91 Å². The predicted molar refractivity (Wildman–Crippen MR) is 133 cm³/mol. The molecule has 0 spiro atoms. The van der Waals surface area contributed by atoms with Crippen molar-refractivity contribution in [2.45, 2.75) is 31.7 Å². The first-order chi connectivity index (χ1) is 17.0. The number of hydrazone groups is 1. The van der Waals surface area contributed by atoms with Gasteiger partial charge in [0.1, 0.15) is 18.0 Å². The van der Waals surface area contributed by atoms with E-state index in [2.05, 4.69) is 0 Å². The zero-order valence-corrected chi connectivity index (χ0v) is 20.6. The Morgan fingerprint density at radius 2 is 1.77 bits per heavy atom. The van der Waals surface area contributed by atoms with Gasteiger partial charge < -0.3 is 19.1 Å². The zero-order valence-electron chi connectivity index (χ0n) is 20.6. The maximum atomic E-state index is 13.6. The van der Waals surface area contributed by atoms with Gasteiger partial charge in [0, 0.05) is 31.6 Å². The number of hydrogen-bond donors (Lipinski definition) is 0. The number of benzene rings is 2. The Labute approximate surface area is 206 Å². The summed E-state index contributed by atoms with van der Waals surface area (Å²) in [6.07, 6.45) is 3.38. The minimum atomic E-state index is -0.280. The predicted octanol–water partition coefficient (Wildman–Crippen LogP) is 3.66. The van der Waals surface area contributed by atoms with Gasteiger partial charge in [0.15, 0.2) is 0 Å². The van der Waals surface area contributed by atoms with Crippen molar-refractivity contribution in [3.63, 3.8) is 0 Å². The van der Waals surface area contributed by atoms with E-state index in [4.69, 9.17) is 19.3 Å². The number of ether oxygens (including phenoxy) is 3. The van der Waals surface area contributed by atoms with E-state index in [0.717, 1.165) is 47.6 Å². The number of rotatable bonds is 10. The summed E-state index contributed by atoms with van der Waals surface area (Å²) in [6.45, 7) is 0.733. The molecule has 1 saturated carbocycles. The molecule has 1 aliphatic carbocycles. The number of methoxy groups -OCH3 is 3. The van der Waals surface area contributed by atoms with Gasteiger partial charge in [-0.15, -0.1) is 0 Å². The van der Waals surface area contributed by atoms with Crippen molar-refractivity contribution in [2.75, 3.05) is 41.0 Å². The minimum Gasteiger partial charge on any atom is -0.497 e. The Morgan fingerprint density at radius 1 is 1.03 bits per heavy atom. The highest BCUT2D eigenvalue weighted by atomic mass is 16.5. The lowest BCUT2D eigenvalue weighted by Gasteiger charge is -2.32. The molecule has 1 fully saturated rings. The maximum Gasteiger partial charge on any atom is 0.262 e. The number of amides is 2. The quantitative estimate of drug-likeness (QED) is 0.520. The van der Waals surface area contributed by atoms with Gasteiger partial charge in [-0.2, -0.15) is 5.10 Å². The monoisotopic (exact) mass is 479 g/mol. The highest BCUT2D eigenvalue weighted by Gasteiger charge is 2.36. The van der Waals surface area contributed by atoms with Crippen LogP contribution in [0.5, 0.6) is 11.5 Å². The van der Waals surface area contributed by atoms with E-state index in [1.54, 1.807) is 26.2 Å². The fourth-order valence-corrected chi connectivity index (χ4v) is 4.42.